The van der Waals surface area contributed by atoms with E-state index in [4.69, 9.17) is 0 Å². The number of carbonyl (C=O) groups is 2. The Bertz CT molecular complexity index is 615. The highest BCUT2D eigenvalue weighted by Crippen LogP contribution is 2.36. The van der Waals surface area contributed by atoms with Crippen molar-refractivity contribution < 1.29 is 9.59 Å². The van der Waals surface area contributed by atoms with Crippen molar-refractivity contribution in [3.63, 3.8) is 0 Å². The molecule has 6 nitrogen and oxygen atoms in total. The molecule has 23 heavy (non-hydrogen) atoms. The summed E-state index contributed by atoms with van der Waals surface area (Å²) < 4.78 is 0. The number of anilines is 2. The third-order valence-electron chi connectivity index (χ3n) is 4.07. The zero-order valence-electron chi connectivity index (χ0n) is 13.3. The first-order valence-corrected chi connectivity index (χ1v) is 7.97. The van der Waals surface area contributed by atoms with Gasteiger partial charge in [0.1, 0.15) is 5.41 Å². The van der Waals surface area contributed by atoms with Crippen LogP contribution in [0.5, 0.6) is 0 Å². The van der Waals surface area contributed by atoms with Crippen LogP contribution in [0.25, 0.3) is 0 Å². The van der Waals surface area contributed by atoms with Crippen molar-refractivity contribution in [2.24, 2.45) is 5.41 Å². The Kier molecular flexibility index (Phi) is 5.58. The summed E-state index contributed by atoms with van der Waals surface area (Å²) in [7, 11) is 0. The molecule has 0 spiro atoms. The monoisotopic (exact) mass is 314 g/mol. The molecule has 0 aromatic heterocycles. The second-order valence-corrected chi connectivity index (χ2v) is 5.77. The maximum absolute atomic E-state index is 12.5. The van der Waals surface area contributed by atoms with Gasteiger partial charge in [-0.2, -0.15) is 5.26 Å². The lowest BCUT2D eigenvalue weighted by Crippen LogP contribution is -2.36. The number of hydrogen-bond acceptors (Lipinski definition) is 3. The molecule has 0 heterocycles. The number of hydrogen-bond donors (Lipinski definition) is 3. The van der Waals surface area contributed by atoms with Crippen molar-refractivity contribution in [1.29, 1.82) is 5.26 Å². The maximum Gasteiger partial charge on any atom is 0.319 e. The highest BCUT2D eigenvalue weighted by atomic mass is 16.2. The molecule has 0 bridgehead atoms. The molecule has 1 fully saturated rings. The summed E-state index contributed by atoms with van der Waals surface area (Å²) in [4.78, 5) is 24.1. The number of benzene rings is 1. The first-order chi connectivity index (χ1) is 11.1. The third kappa shape index (κ3) is 4.22. The standard InChI is InChI=1S/C17H22N4O2/c1-2-19-16(23)21-14-8-6-7-13(11-14)20-15(22)17(12-18)9-4-3-5-10-17/h6-8,11H,2-5,9-10H2,1H3,(H,20,22)(H2,19,21,23). The molecule has 1 aliphatic rings. The zero-order valence-corrected chi connectivity index (χ0v) is 13.3. The average Bonchev–Trinajstić information content (AvgIpc) is 2.56. The molecule has 0 saturated heterocycles. The molecule has 122 valence electrons. The Morgan fingerprint density at radius 2 is 1.83 bits per heavy atom. The van der Waals surface area contributed by atoms with Crippen molar-refractivity contribution in [2.75, 3.05) is 17.2 Å². The van der Waals surface area contributed by atoms with Gasteiger partial charge in [0.2, 0.25) is 5.91 Å². The van der Waals surface area contributed by atoms with Gasteiger partial charge < -0.3 is 16.0 Å². The highest BCUT2D eigenvalue weighted by Gasteiger charge is 2.39. The van der Waals surface area contributed by atoms with E-state index in [-0.39, 0.29) is 11.9 Å². The van der Waals surface area contributed by atoms with Crippen molar-refractivity contribution >= 4 is 23.3 Å². The zero-order chi connectivity index (χ0) is 16.7. The molecule has 3 N–H and O–H groups in total. The Labute approximate surface area is 136 Å². The second-order valence-electron chi connectivity index (χ2n) is 5.77. The first kappa shape index (κ1) is 16.8. The van der Waals surface area contributed by atoms with E-state index in [1.165, 1.54) is 0 Å². The van der Waals surface area contributed by atoms with Crippen LogP contribution in [0.2, 0.25) is 0 Å². The van der Waals surface area contributed by atoms with E-state index in [0.717, 1.165) is 19.3 Å². The first-order valence-electron chi connectivity index (χ1n) is 7.97. The van der Waals surface area contributed by atoms with Crippen molar-refractivity contribution in [3.8, 4) is 6.07 Å². The predicted molar refractivity (Wildman–Crippen MR) is 88.9 cm³/mol. The molecule has 1 aromatic rings. The minimum Gasteiger partial charge on any atom is -0.338 e. The molecule has 2 rings (SSSR count). The largest absolute Gasteiger partial charge is 0.338 e. The number of carbonyl (C=O) groups excluding carboxylic acids is 2. The van der Waals surface area contributed by atoms with Gasteiger partial charge in [0.15, 0.2) is 0 Å². The smallest absolute Gasteiger partial charge is 0.319 e. The van der Waals surface area contributed by atoms with E-state index >= 15 is 0 Å². The molecular weight excluding hydrogens is 292 g/mol. The summed E-state index contributed by atoms with van der Waals surface area (Å²) in [6.07, 6.45) is 4.08. The van der Waals surface area contributed by atoms with Crippen molar-refractivity contribution in [1.82, 2.24) is 5.32 Å². The number of nitrogens with zero attached hydrogens (tertiary/aromatic N) is 1. The molecule has 1 aromatic carbocycles. The quantitative estimate of drug-likeness (QED) is 0.796. The predicted octanol–water partition coefficient (Wildman–Crippen LogP) is 3.24. The summed E-state index contributed by atoms with van der Waals surface area (Å²) in [5.74, 6) is -0.255. The van der Waals surface area contributed by atoms with Gasteiger partial charge >= 0.3 is 6.03 Å². The molecule has 6 heteroatoms. The summed E-state index contributed by atoms with van der Waals surface area (Å²) in [5, 5.41) is 17.6. The number of rotatable bonds is 4. The fourth-order valence-corrected chi connectivity index (χ4v) is 2.81. The second kappa shape index (κ2) is 7.63. The minimum atomic E-state index is -0.929. The Hall–Kier alpha value is -2.55. The van der Waals surface area contributed by atoms with Crippen molar-refractivity contribution in [2.45, 2.75) is 39.0 Å². The van der Waals surface area contributed by atoms with Gasteiger partial charge in [0.25, 0.3) is 0 Å². The molecule has 0 aliphatic heterocycles. The lowest BCUT2D eigenvalue weighted by Gasteiger charge is -2.29. The van der Waals surface area contributed by atoms with Gasteiger partial charge in [-0.3, -0.25) is 4.79 Å². The average molecular weight is 314 g/mol. The van der Waals surface area contributed by atoms with Crippen LogP contribution in [-0.2, 0) is 4.79 Å². The van der Waals surface area contributed by atoms with E-state index in [9.17, 15) is 14.9 Å². The van der Waals surface area contributed by atoms with Crippen LogP contribution in [0.15, 0.2) is 24.3 Å². The number of amides is 3. The van der Waals surface area contributed by atoms with Crippen LogP contribution < -0.4 is 16.0 Å². The van der Waals surface area contributed by atoms with E-state index < -0.39 is 5.41 Å². The number of urea groups is 1. The van der Waals surface area contributed by atoms with Gasteiger partial charge in [-0.05, 0) is 38.0 Å². The van der Waals surface area contributed by atoms with Gasteiger partial charge in [-0.15, -0.1) is 0 Å². The molecule has 3 amide bonds. The van der Waals surface area contributed by atoms with Gasteiger partial charge in [-0.1, -0.05) is 25.3 Å². The van der Waals surface area contributed by atoms with Crippen LogP contribution in [-0.4, -0.2) is 18.5 Å². The summed E-state index contributed by atoms with van der Waals surface area (Å²) in [5.41, 5.74) is 0.231. The topological polar surface area (TPSA) is 94.0 Å². The van der Waals surface area contributed by atoms with E-state index in [0.29, 0.717) is 30.8 Å². The normalized spacial score (nSPS) is 16.0. The third-order valence-corrected chi connectivity index (χ3v) is 4.07. The number of nitrogens with one attached hydrogen (secondary N) is 3. The highest BCUT2D eigenvalue weighted by molar-refractivity contribution is 5.98. The molecule has 0 atom stereocenters. The summed E-state index contributed by atoms with van der Waals surface area (Å²) in [6.45, 7) is 2.37. The van der Waals surface area contributed by atoms with Gasteiger partial charge in [0.05, 0.1) is 6.07 Å². The Morgan fingerprint density at radius 3 is 2.43 bits per heavy atom. The fraction of sp³-hybridized carbons (Fsp3) is 0.471. The Balaban J connectivity index is 2.06. The van der Waals surface area contributed by atoms with Crippen LogP contribution in [0.4, 0.5) is 16.2 Å². The number of nitriles is 1. The van der Waals surface area contributed by atoms with E-state index in [1.54, 1.807) is 24.3 Å². The van der Waals surface area contributed by atoms with Gasteiger partial charge in [0, 0.05) is 17.9 Å². The van der Waals surface area contributed by atoms with E-state index in [1.807, 2.05) is 6.92 Å². The van der Waals surface area contributed by atoms with Crippen LogP contribution >= 0.6 is 0 Å². The van der Waals surface area contributed by atoms with Crippen LogP contribution in [0.1, 0.15) is 39.0 Å². The Morgan fingerprint density at radius 1 is 1.17 bits per heavy atom. The molecule has 0 radical (unpaired) electrons. The maximum atomic E-state index is 12.5. The van der Waals surface area contributed by atoms with E-state index in [2.05, 4.69) is 22.0 Å². The van der Waals surface area contributed by atoms with Crippen LogP contribution in [0, 0.1) is 16.7 Å². The molecule has 1 saturated carbocycles. The molecular formula is C17H22N4O2. The molecule has 0 unspecified atom stereocenters. The lowest BCUT2D eigenvalue weighted by atomic mass is 9.74. The van der Waals surface area contributed by atoms with Gasteiger partial charge in [-0.25, -0.2) is 4.79 Å². The minimum absolute atomic E-state index is 0.255. The summed E-state index contributed by atoms with van der Waals surface area (Å²) >= 11 is 0. The summed E-state index contributed by atoms with van der Waals surface area (Å²) in [6, 6.07) is 8.83. The van der Waals surface area contributed by atoms with Crippen LogP contribution in [0.3, 0.4) is 0 Å². The van der Waals surface area contributed by atoms with Crippen molar-refractivity contribution in [3.05, 3.63) is 24.3 Å². The lowest BCUT2D eigenvalue weighted by molar-refractivity contribution is -0.124. The fourth-order valence-electron chi connectivity index (χ4n) is 2.81. The SMILES string of the molecule is CCNC(=O)Nc1cccc(NC(=O)C2(C#N)CCCCC2)c1. The molecule has 1 aliphatic carbocycles.